The molecular weight excluding hydrogens is 242 g/mol. The molecule has 2 saturated heterocycles. The van der Waals surface area contributed by atoms with Gasteiger partial charge in [-0.3, -0.25) is 9.59 Å². The maximum atomic E-state index is 11.6. The van der Waals surface area contributed by atoms with Gasteiger partial charge in [-0.25, -0.2) is 0 Å². The smallest absolute Gasteiger partial charge is 0.305 e. The standard InChI is InChI=1S/C15H25NO3/c17-12-6-3-1-2-4-8-13-14(16-13)10-11-19-15(18)9-5-7-12/h13-14,16H,1-11H2. The zero-order valence-corrected chi connectivity index (χ0v) is 11.7. The van der Waals surface area contributed by atoms with Crippen LogP contribution in [0.3, 0.4) is 0 Å². The fourth-order valence-corrected chi connectivity index (χ4v) is 2.76. The van der Waals surface area contributed by atoms with Gasteiger partial charge < -0.3 is 10.1 Å². The Bertz CT molecular complexity index is 317. The maximum absolute atomic E-state index is 11.6. The van der Waals surface area contributed by atoms with Crippen molar-refractivity contribution in [2.24, 2.45) is 0 Å². The number of Topliss-reactive ketones (excluding diaryl/α,β-unsaturated/α-hetero) is 1. The third-order valence-corrected chi connectivity index (χ3v) is 4.05. The van der Waals surface area contributed by atoms with E-state index in [-0.39, 0.29) is 5.97 Å². The van der Waals surface area contributed by atoms with E-state index in [0.29, 0.717) is 50.2 Å². The van der Waals surface area contributed by atoms with E-state index >= 15 is 0 Å². The number of ether oxygens (including phenoxy) is 1. The first-order chi connectivity index (χ1) is 9.25. The van der Waals surface area contributed by atoms with Crippen molar-refractivity contribution in [3.05, 3.63) is 0 Å². The fourth-order valence-electron chi connectivity index (χ4n) is 2.76. The van der Waals surface area contributed by atoms with E-state index in [4.69, 9.17) is 4.74 Å². The summed E-state index contributed by atoms with van der Waals surface area (Å²) in [7, 11) is 0. The Hall–Kier alpha value is -0.900. The molecule has 0 amide bonds. The second-order valence-corrected chi connectivity index (χ2v) is 5.73. The highest BCUT2D eigenvalue weighted by atomic mass is 16.5. The third kappa shape index (κ3) is 5.72. The number of fused-ring (bicyclic) bond motifs is 1. The summed E-state index contributed by atoms with van der Waals surface area (Å²) in [6.07, 6.45) is 9.00. The van der Waals surface area contributed by atoms with Gasteiger partial charge in [0.25, 0.3) is 0 Å². The van der Waals surface area contributed by atoms with Crippen LogP contribution in [0.5, 0.6) is 0 Å². The highest BCUT2D eigenvalue weighted by molar-refractivity contribution is 5.79. The lowest BCUT2D eigenvalue weighted by atomic mass is 10.0. The molecule has 0 saturated carbocycles. The summed E-state index contributed by atoms with van der Waals surface area (Å²) in [5.41, 5.74) is 0. The molecule has 2 fully saturated rings. The molecule has 0 aromatic rings. The molecule has 2 aliphatic rings. The fraction of sp³-hybridized carbons (Fsp3) is 0.867. The summed E-state index contributed by atoms with van der Waals surface area (Å²) in [5, 5.41) is 3.44. The van der Waals surface area contributed by atoms with Crippen molar-refractivity contribution in [3.8, 4) is 0 Å². The average Bonchev–Trinajstić information content (AvgIpc) is 3.11. The topological polar surface area (TPSA) is 65.3 Å². The van der Waals surface area contributed by atoms with Crippen LogP contribution in [0.1, 0.15) is 64.2 Å². The maximum Gasteiger partial charge on any atom is 0.305 e. The number of rotatable bonds is 0. The van der Waals surface area contributed by atoms with Crippen LogP contribution in [0, 0.1) is 0 Å². The number of hydrogen-bond acceptors (Lipinski definition) is 4. The molecule has 0 aliphatic carbocycles. The molecule has 4 nitrogen and oxygen atoms in total. The Morgan fingerprint density at radius 3 is 2.47 bits per heavy atom. The molecule has 108 valence electrons. The Morgan fingerprint density at radius 1 is 0.842 bits per heavy atom. The lowest BCUT2D eigenvalue weighted by molar-refractivity contribution is -0.143. The molecule has 0 bridgehead atoms. The second kappa shape index (κ2) is 7.63. The van der Waals surface area contributed by atoms with E-state index < -0.39 is 0 Å². The van der Waals surface area contributed by atoms with Crippen LogP contribution in [0.15, 0.2) is 0 Å². The first-order valence-corrected chi connectivity index (χ1v) is 7.69. The van der Waals surface area contributed by atoms with E-state index in [1.165, 1.54) is 19.3 Å². The van der Waals surface area contributed by atoms with Crippen molar-refractivity contribution in [1.82, 2.24) is 5.32 Å². The van der Waals surface area contributed by atoms with E-state index in [2.05, 4.69) is 5.32 Å². The molecule has 2 rings (SSSR count). The highest BCUT2D eigenvalue weighted by Crippen LogP contribution is 2.22. The van der Waals surface area contributed by atoms with Gasteiger partial charge in [0, 0.05) is 31.3 Å². The molecule has 2 atom stereocenters. The van der Waals surface area contributed by atoms with E-state index in [9.17, 15) is 9.59 Å². The number of nitrogens with one attached hydrogen (secondary N) is 1. The number of cyclic esters (lactones) is 1. The lowest BCUT2D eigenvalue weighted by Crippen LogP contribution is -2.09. The number of carbonyl (C=O) groups is 2. The Morgan fingerprint density at radius 2 is 1.58 bits per heavy atom. The van der Waals surface area contributed by atoms with Gasteiger partial charge in [-0.1, -0.05) is 19.3 Å². The molecular formula is C15H25NO3. The number of hydrogen-bond donors (Lipinski definition) is 1. The minimum atomic E-state index is -0.155. The largest absolute Gasteiger partial charge is 0.466 e. The van der Waals surface area contributed by atoms with Crippen LogP contribution in [0.2, 0.25) is 0 Å². The van der Waals surface area contributed by atoms with Gasteiger partial charge in [0.05, 0.1) is 6.61 Å². The van der Waals surface area contributed by atoms with Crippen LogP contribution in [-0.4, -0.2) is 30.4 Å². The van der Waals surface area contributed by atoms with Crippen molar-refractivity contribution in [2.45, 2.75) is 76.3 Å². The summed E-state index contributed by atoms with van der Waals surface area (Å²) in [4.78, 5) is 23.0. The molecule has 0 aromatic heterocycles. The predicted octanol–water partition coefficient (Wildman–Crippen LogP) is 2.35. The summed E-state index contributed by atoms with van der Waals surface area (Å²) in [6.45, 7) is 0.515. The SMILES string of the molecule is O=C1CCCCCCC2NC2CCOC(=O)CCC1. The minimum absolute atomic E-state index is 0.155. The quantitative estimate of drug-likeness (QED) is 0.540. The van der Waals surface area contributed by atoms with Crippen LogP contribution < -0.4 is 5.32 Å². The van der Waals surface area contributed by atoms with Crippen molar-refractivity contribution < 1.29 is 14.3 Å². The summed E-state index contributed by atoms with van der Waals surface area (Å²) < 4.78 is 5.18. The zero-order valence-electron chi connectivity index (χ0n) is 11.7. The Kier molecular flexibility index (Phi) is 5.83. The van der Waals surface area contributed by atoms with Crippen molar-refractivity contribution in [2.75, 3.05) is 6.61 Å². The van der Waals surface area contributed by atoms with Gasteiger partial charge in [0.2, 0.25) is 0 Å². The molecule has 0 spiro atoms. The minimum Gasteiger partial charge on any atom is -0.466 e. The molecule has 2 unspecified atom stereocenters. The van der Waals surface area contributed by atoms with E-state index in [1.807, 2.05) is 0 Å². The van der Waals surface area contributed by atoms with Crippen LogP contribution in [0.4, 0.5) is 0 Å². The lowest BCUT2D eigenvalue weighted by Gasteiger charge is -2.05. The van der Waals surface area contributed by atoms with Crippen molar-refractivity contribution in [3.63, 3.8) is 0 Å². The highest BCUT2D eigenvalue weighted by Gasteiger charge is 2.34. The molecule has 2 aliphatic heterocycles. The first kappa shape index (κ1) is 14.5. The molecule has 4 heteroatoms. The molecule has 0 radical (unpaired) electrons. The third-order valence-electron chi connectivity index (χ3n) is 4.05. The molecule has 1 N–H and O–H groups in total. The summed E-state index contributed by atoms with van der Waals surface area (Å²) in [5.74, 6) is 0.140. The summed E-state index contributed by atoms with van der Waals surface area (Å²) in [6, 6.07) is 1.19. The van der Waals surface area contributed by atoms with Crippen LogP contribution in [-0.2, 0) is 14.3 Å². The number of ketones is 1. The van der Waals surface area contributed by atoms with Gasteiger partial charge in [0.15, 0.2) is 0 Å². The van der Waals surface area contributed by atoms with Crippen LogP contribution in [0.25, 0.3) is 0 Å². The first-order valence-electron chi connectivity index (χ1n) is 7.69. The average molecular weight is 267 g/mol. The van der Waals surface area contributed by atoms with Gasteiger partial charge >= 0.3 is 5.97 Å². The zero-order chi connectivity index (χ0) is 13.5. The van der Waals surface area contributed by atoms with Gasteiger partial charge in [-0.05, 0) is 25.7 Å². The Labute approximate surface area is 115 Å². The van der Waals surface area contributed by atoms with Gasteiger partial charge in [-0.2, -0.15) is 0 Å². The Balaban J connectivity index is 1.71. The number of carbonyl (C=O) groups excluding carboxylic acids is 2. The van der Waals surface area contributed by atoms with Crippen molar-refractivity contribution in [1.29, 1.82) is 0 Å². The second-order valence-electron chi connectivity index (χ2n) is 5.73. The predicted molar refractivity (Wildman–Crippen MR) is 72.8 cm³/mol. The van der Waals surface area contributed by atoms with Crippen molar-refractivity contribution >= 4 is 11.8 Å². The number of esters is 1. The van der Waals surface area contributed by atoms with E-state index in [0.717, 1.165) is 19.3 Å². The summed E-state index contributed by atoms with van der Waals surface area (Å²) >= 11 is 0. The normalized spacial score (nSPS) is 31.4. The van der Waals surface area contributed by atoms with Gasteiger partial charge in [0.1, 0.15) is 5.78 Å². The molecule has 2 heterocycles. The van der Waals surface area contributed by atoms with E-state index in [1.54, 1.807) is 0 Å². The molecule has 0 aromatic carbocycles. The monoisotopic (exact) mass is 267 g/mol. The van der Waals surface area contributed by atoms with Gasteiger partial charge in [-0.15, -0.1) is 0 Å². The van der Waals surface area contributed by atoms with Crippen LogP contribution >= 0.6 is 0 Å². The molecule has 19 heavy (non-hydrogen) atoms.